The lowest BCUT2D eigenvalue weighted by atomic mass is 9.97. The van der Waals surface area contributed by atoms with Crippen molar-refractivity contribution in [3.8, 4) is 5.75 Å². The number of benzene rings is 1. The molecular formula is C14H23NO. The Hall–Kier alpha value is -1.02. The summed E-state index contributed by atoms with van der Waals surface area (Å²) in [6.07, 6.45) is 0. The lowest BCUT2D eigenvalue weighted by Gasteiger charge is -2.18. The maximum Gasteiger partial charge on any atom is 0.119 e. The summed E-state index contributed by atoms with van der Waals surface area (Å²) in [6.45, 7) is 11.3. The van der Waals surface area contributed by atoms with Crippen LogP contribution in [-0.2, 0) is 6.54 Å². The zero-order valence-corrected chi connectivity index (χ0v) is 10.8. The molecule has 1 N–H and O–H groups in total. The minimum absolute atomic E-state index is 0.331. The normalized spacial score (nSPS) is 11.5. The Morgan fingerprint density at radius 3 is 2.62 bits per heavy atom. The molecule has 0 bridgehead atoms. The van der Waals surface area contributed by atoms with Crippen molar-refractivity contribution < 1.29 is 4.74 Å². The fraction of sp³-hybridized carbons (Fsp3) is 0.571. The van der Waals surface area contributed by atoms with E-state index in [1.54, 1.807) is 0 Å². The first kappa shape index (κ1) is 13.0. The number of nitrogens with one attached hydrogen (secondary N) is 1. The minimum Gasteiger partial charge on any atom is -0.494 e. The Morgan fingerprint density at radius 1 is 1.25 bits per heavy atom. The van der Waals surface area contributed by atoms with E-state index in [0.29, 0.717) is 5.41 Å². The van der Waals surface area contributed by atoms with Gasteiger partial charge in [-0.25, -0.2) is 0 Å². The first-order chi connectivity index (χ1) is 7.51. The van der Waals surface area contributed by atoms with Crippen molar-refractivity contribution in [1.82, 2.24) is 5.32 Å². The lowest BCUT2D eigenvalue weighted by Crippen LogP contribution is -2.26. The van der Waals surface area contributed by atoms with E-state index >= 15 is 0 Å². The first-order valence-electron chi connectivity index (χ1n) is 5.94. The SMILES string of the molecule is CCOc1cccc(CNCC(C)(C)C)c1. The van der Waals surface area contributed by atoms with Gasteiger partial charge >= 0.3 is 0 Å². The summed E-state index contributed by atoms with van der Waals surface area (Å²) in [7, 11) is 0. The van der Waals surface area contributed by atoms with Gasteiger partial charge in [0.2, 0.25) is 0 Å². The highest BCUT2D eigenvalue weighted by atomic mass is 16.5. The van der Waals surface area contributed by atoms with Crippen molar-refractivity contribution >= 4 is 0 Å². The molecule has 0 aliphatic carbocycles. The van der Waals surface area contributed by atoms with E-state index in [2.05, 4.69) is 38.2 Å². The van der Waals surface area contributed by atoms with E-state index in [1.807, 2.05) is 19.1 Å². The predicted octanol–water partition coefficient (Wildman–Crippen LogP) is 3.22. The van der Waals surface area contributed by atoms with Crippen LogP contribution in [0.2, 0.25) is 0 Å². The van der Waals surface area contributed by atoms with Crippen LogP contribution in [0.3, 0.4) is 0 Å². The summed E-state index contributed by atoms with van der Waals surface area (Å²) < 4.78 is 5.47. The second kappa shape index (κ2) is 5.90. The second-order valence-electron chi connectivity index (χ2n) is 5.24. The third-order valence-electron chi connectivity index (χ3n) is 2.19. The first-order valence-corrected chi connectivity index (χ1v) is 5.94. The van der Waals surface area contributed by atoms with E-state index in [4.69, 9.17) is 4.74 Å². The molecule has 0 aliphatic heterocycles. The molecule has 16 heavy (non-hydrogen) atoms. The topological polar surface area (TPSA) is 21.3 Å². The summed E-state index contributed by atoms with van der Waals surface area (Å²) in [5, 5.41) is 3.46. The molecule has 0 saturated carbocycles. The average Bonchev–Trinajstić information content (AvgIpc) is 2.17. The van der Waals surface area contributed by atoms with E-state index in [9.17, 15) is 0 Å². The van der Waals surface area contributed by atoms with Gasteiger partial charge in [0.05, 0.1) is 6.61 Å². The molecule has 0 spiro atoms. The molecule has 90 valence electrons. The van der Waals surface area contributed by atoms with Crippen LogP contribution >= 0.6 is 0 Å². The molecule has 0 radical (unpaired) electrons. The Balaban J connectivity index is 2.44. The molecular weight excluding hydrogens is 198 g/mol. The standard InChI is InChI=1S/C14H23NO/c1-5-16-13-8-6-7-12(9-13)10-15-11-14(2,3)4/h6-9,15H,5,10-11H2,1-4H3. The van der Waals surface area contributed by atoms with Gasteiger partial charge in [-0.3, -0.25) is 0 Å². The lowest BCUT2D eigenvalue weighted by molar-refractivity contribution is 0.339. The summed E-state index contributed by atoms with van der Waals surface area (Å²) in [5.74, 6) is 0.956. The molecule has 0 amide bonds. The quantitative estimate of drug-likeness (QED) is 0.824. The molecule has 0 aliphatic rings. The van der Waals surface area contributed by atoms with Crippen molar-refractivity contribution in [3.63, 3.8) is 0 Å². The Bertz CT molecular complexity index is 315. The molecule has 1 aromatic carbocycles. The Labute approximate surface area is 99.0 Å². The van der Waals surface area contributed by atoms with Crippen LogP contribution in [0.4, 0.5) is 0 Å². The second-order valence-corrected chi connectivity index (χ2v) is 5.24. The van der Waals surface area contributed by atoms with Crippen LogP contribution in [0.15, 0.2) is 24.3 Å². The van der Waals surface area contributed by atoms with Crippen molar-refractivity contribution in [2.24, 2.45) is 5.41 Å². The Kier molecular flexibility index (Phi) is 4.81. The maximum atomic E-state index is 5.47. The molecule has 2 heteroatoms. The smallest absolute Gasteiger partial charge is 0.119 e. The highest BCUT2D eigenvalue weighted by molar-refractivity contribution is 5.28. The monoisotopic (exact) mass is 221 g/mol. The van der Waals surface area contributed by atoms with E-state index in [0.717, 1.165) is 25.4 Å². The van der Waals surface area contributed by atoms with Gasteiger partial charge in [-0.2, -0.15) is 0 Å². The van der Waals surface area contributed by atoms with Crippen LogP contribution in [-0.4, -0.2) is 13.2 Å². The van der Waals surface area contributed by atoms with Crippen LogP contribution in [0.25, 0.3) is 0 Å². The van der Waals surface area contributed by atoms with E-state index < -0.39 is 0 Å². The van der Waals surface area contributed by atoms with Crippen LogP contribution < -0.4 is 10.1 Å². The minimum atomic E-state index is 0.331. The van der Waals surface area contributed by atoms with Gasteiger partial charge in [-0.15, -0.1) is 0 Å². The summed E-state index contributed by atoms with van der Waals surface area (Å²) >= 11 is 0. The molecule has 0 fully saturated rings. The van der Waals surface area contributed by atoms with Gasteiger partial charge < -0.3 is 10.1 Å². The molecule has 0 unspecified atom stereocenters. The van der Waals surface area contributed by atoms with Gasteiger partial charge in [0.25, 0.3) is 0 Å². The largest absolute Gasteiger partial charge is 0.494 e. The van der Waals surface area contributed by atoms with E-state index in [1.165, 1.54) is 5.56 Å². The van der Waals surface area contributed by atoms with Crippen molar-refractivity contribution in [2.45, 2.75) is 34.2 Å². The summed E-state index contributed by atoms with van der Waals surface area (Å²) in [5.41, 5.74) is 1.60. The fourth-order valence-electron chi connectivity index (χ4n) is 1.49. The molecule has 2 nitrogen and oxygen atoms in total. The predicted molar refractivity (Wildman–Crippen MR) is 68.8 cm³/mol. The molecule has 1 rings (SSSR count). The third kappa shape index (κ3) is 5.17. The van der Waals surface area contributed by atoms with Crippen molar-refractivity contribution in [3.05, 3.63) is 29.8 Å². The average molecular weight is 221 g/mol. The number of hydrogen-bond acceptors (Lipinski definition) is 2. The maximum absolute atomic E-state index is 5.47. The van der Waals surface area contributed by atoms with Crippen LogP contribution in [0.1, 0.15) is 33.3 Å². The molecule has 0 aromatic heterocycles. The van der Waals surface area contributed by atoms with Crippen LogP contribution in [0, 0.1) is 5.41 Å². The number of ether oxygens (including phenoxy) is 1. The van der Waals surface area contributed by atoms with Crippen molar-refractivity contribution in [1.29, 1.82) is 0 Å². The molecule has 0 saturated heterocycles. The van der Waals surface area contributed by atoms with Gasteiger partial charge in [0.15, 0.2) is 0 Å². The zero-order valence-electron chi connectivity index (χ0n) is 10.8. The number of rotatable bonds is 5. The van der Waals surface area contributed by atoms with Gasteiger partial charge in [0.1, 0.15) is 5.75 Å². The Morgan fingerprint density at radius 2 is 2.00 bits per heavy atom. The number of hydrogen-bond donors (Lipinski definition) is 1. The highest BCUT2D eigenvalue weighted by Gasteiger charge is 2.08. The van der Waals surface area contributed by atoms with Crippen molar-refractivity contribution in [2.75, 3.05) is 13.2 Å². The van der Waals surface area contributed by atoms with Gasteiger partial charge in [-0.05, 0) is 30.0 Å². The third-order valence-corrected chi connectivity index (χ3v) is 2.19. The summed E-state index contributed by atoms with van der Waals surface area (Å²) in [4.78, 5) is 0. The molecule has 0 heterocycles. The van der Waals surface area contributed by atoms with Crippen LogP contribution in [0.5, 0.6) is 5.75 Å². The summed E-state index contributed by atoms with van der Waals surface area (Å²) in [6, 6.07) is 8.26. The van der Waals surface area contributed by atoms with Gasteiger partial charge in [0, 0.05) is 13.1 Å². The molecule has 0 atom stereocenters. The zero-order chi connectivity index (χ0) is 12.0. The van der Waals surface area contributed by atoms with Gasteiger partial charge in [-0.1, -0.05) is 32.9 Å². The fourth-order valence-corrected chi connectivity index (χ4v) is 1.49. The highest BCUT2D eigenvalue weighted by Crippen LogP contribution is 2.14. The van der Waals surface area contributed by atoms with E-state index in [-0.39, 0.29) is 0 Å². The molecule has 1 aromatic rings.